The minimum atomic E-state index is -0.256. The molecule has 17 heavy (non-hydrogen) atoms. The van der Waals surface area contributed by atoms with E-state index in [1.54, 1.807) is 18.5 Å². The summed E-state index contributed by atoms with van der Waals surface area (Å²) in [4.78, 5) is 4.33. The van der Waals surface area contributed by atoms with Crippen LogP contribution in [0.15, 0.2) is 53.5 Å². The zero-order valence-corrected chi connectivity index (χ0v) is 9.10. The molecule has 1 N–H and O–H groups in total. The fourth-order valence-corrected chi connectivity index (χ4v) is 2.07. The van der Waals surface area contributed by atoms with Crippen LogP contribution >= 0.6 is 0 Å². The van der Waals surface area contributed by atoms with Crippen molar-refractivity contribution in [2.45, 2.75) is 6.04 Å². The molecule has 0 saturated carbocycles. The topological polar surface area (TPSA) is 24.4 Å². The number of benzene rings is 2. The van der Waals surface area contributed by atoms with Crippen molar-refractivity contribution in [1.29, 1.82) is 0 Å². The van der Waals surface area contributed by atoms with Crippen molar-refractivity contribution in [3.63, 3.8) is 0 Å². The number of aliphatic imine (C=N–C) groups is 1. The van der Waals surface area contributed by atoms with Crippen molar-refractivity contribution in [1.82, 2.24) is 0 Å². The third-order valence-electron chi connectivity index (χ3n) is 2.90. The lowest BCUT2D eigenvalue weighted by atomic mass is 9.96. The first-order valence-corrected chi connectivity index (χ1v) is 5.48. The Morgan fingerprint density at radius 3 is 2.47 bits per heavy atom. The SMILES string of the molecule is Fc1ccccc1C1N=CNc2ccccc21. The molecule has 0 fully saturated rings. The monoisotopic (exact) mass is 226 g/mol. The van der Waals surface area contributed by atoms with Crippen molar-refractivity contribution in [2.75, 3.05) is 5.32 Å². The number of anilines is 1. The molecular formula is C14H11FN2. The van der Waals surface area contributed by atoms with E-state index in [-0.39, 0.29) is 11.9 Å². The van der Waals surface area contributed by atoms with Gasteiger partial charge in [-0.15, -0.1) is 0 Å². The number of nitrogens with zero attached hydrogens (tertiary/aromatic N) is 1. The Kier molecular flexibility index (Phi) is 2.37. The van der Waals surface area contributed by atoms with E-state index in [0.717, 1.165) is 11.3 Å². The van der Waals surface area contributed by atoms with Crippen LogP contribution in [0, 0.1) is 5.82 Å². The number of para-hydroxylation sites is 1. The van der Waals surface area contributed by atoms with Crippen molar-refractivity contribution >= 4 is 12.0 Å². The molecule has 84 valence electrons. The lowest BCUT2D eigenvalue weighted by Crippen LogP contribution is -2.12. The first kappa shape index (κ1) is 10.0. The van der Waals surface area contributed by atoms with Crippen LogP contribution in [0.3, 0.4) is 0 Å². The van der Waals surface area contributed by atoms with Crippen LogP contribution in [0.5, 0.6) is 0 Å². The van der Waals surface area contributed by atoms with Gasteiger partial charge < -0.3 is 5.32 Å². The van der Waals surface area contributed by atoms with E-state index in [4.69, 9.17) is 0 Å². The van der Waals surface area contributed by atoms with Gasteiger partial charge in [-0.25, -0.2) is 4.39 Å². The van der Waals surface area contributed by atoms with Gasteiger partial charge in [-0.1, -0.05) is 36.4 Å². The number of halogens is 1. The van der Waals surface area contributed by atoms with E-state index in [1.165, 1.54) is 6.07 Å². The normalized spacial score (nSPS) is 17.4. The van der Waals surface area contributed by atoms with E-state index in [9.17, 15) is 4.39 Å². The molecule has 1 heterocycles. The molecule has 3 rings (SSSR count). The Balaban J connectivity index is 2.13. The Labute approximate surface area is 98.8 Å². The summed E-state index contributed by atoms with van der Waals surface area (Å²) in [7, 11) is 0. The van der Waals surface area contributed by atoms with Crippen molar-refractivity contribution in [3.05, 3.63) is 65.5 Å². The van der Waals surface area contributed by atoms with Crippen molar-refractivity contribution in [2.24, 2.45) is 4.99 Å². The van der Waals surface area contributed by atoms with Crippen LogP contribution in [-0.2, 0) is 0 Å². The maximum absolute atomic E-state index is 13.8. The third kappa shape index (κ3) is 1.69. The first-order valence-electron chi connectivity index (χ1n) is 5.48. The van der Waals surface area contributed by atoms with Gasteiger partial charge in [-0.05, 0) is 12.1 Å². The summed E-state index contributed by atoms with van der Waals surface area (Å²) in [6, 6.07) is 14.3. The van der Waals surface area contributed by atoms with E-state index in [0.29, 0.717) is 5.56 Å². The van der Waals surface area contributed by atoms with Crippen LogP contribution in [0.25, 0.3) is 0 Å². The second kappa shape index (κ2) is 4.01. The summed E-state index contributed by atoms with van der Waals surface area (Å²) in [5, 5.41) is 3.07. The summed E-state index contributed by atoms with van der Waals surface area (Å²) in [6.45, 7) is 0. The molecule has 1 aliphatic heterocycles. The molecule has 1 atom stereocenters. The van der Waals surface area contributed by atoms with E-state index < -0.39 is 0 Å². The minimum absolute atomic E-state index is 0.216. The molecule has 3 heteroatoms. The maximum Gasteiger partial charge on any atom is 0.128 e. The number of hydrogen-bond donors (Lipinski definition) is 1. The summed E-state index contributed by atoms with van der Waals surface area (Å²) in [5.74, 6) is -0.216. The van der Waals surface area contributed by atoms with E-state index >= 15 is 0 Å². The third-order valence-corrected chi connectivity index (χ3v) is 2.90. The molecule has 1 aliphatic rings. The zero-order chi connectivity index (χ0) is 11.7. The number of rotatable bonds is 1. The average Bonchev–Trinajstić information content (AvgIpc) is 2.39. The number of hydrogen-bond acceptors (Lipinski definition) is 2. The zero-order valence-electron chi connectivity index (χ0n) is 9.10. The highest BCUT2D eigenvalue weighted by molar-refractivity contribution is 5.81. The summed E-state index contributed by atoms with van der Waals surface area (Å²) < 4.78 is 13.8. The largest absolute Gasteiger partial charge is 0.346 e. The summed E-state index contributed by atoms with van der Waals surface area (Å²) in [6.07, 6.45) is 1.62. The molecule has 0 radical (unpaired) electrons. The molecule has 1 unspecified atom stereocenters. The van der Waals surface area contributed by atoms with Gasteiger partial charge in [0, 0.05) is 16.8 Å². The number of fused-ring (bicyclic) bond motifs is 1. The molecule has 2 nitrogen and oxygen atoms in total. The molecule has 0 spiro atoms. The van der Waals surface area contributed by atoms with Gasteiger partial charge in [-0.2, -0.15) is 0 Å². The van der Waals surface area contributed by atoms with E-state index in [2.05, 4.69) is 10.3 Å². The van der Waals surface area contributed by atoms with Gasteiger partial charge in [0.15, 0.2) is 0 Å². The molecule has 0 aromatic heterocycles. The predicted molar refractivity (Wildman–Crippen MR) is 66.8 cm³/mol. The lowest BCUT2D eigenvalue weighted by molar-refractivity contribution is 0.600. The molecule has 2 aromatic carbocycles. The van der Waals surface area contributed by atoms with Crippen molar-refractivity contribution < 1.29 is 4.39 Å². The minimum Gasteiger partial charge on any atom is -0.346 e. The smallest absolute Gasteiger partial charge is 0.128 e. The summed E-state index contributed by atoms with van der Waals surface area (Å²) in [5.41, 5.74) is 2.59. The highest BCUT2D eigenvalue weighted by atomic mass is 19.1. The Morgan fingerprint density at radius 1 is 0.941 bits per heavy atom. The van der Waals surface area contributed by atoms with Crippen LogP contribution in [0.1, 0.15) is 17.2 Å². The van der Waals surface area contributed by atoms with Gasteiger partial charge in [-0.3, -0.25) is 4.99 Å². The second-order valence-electron chi connectivity index (χ2n) is 3.93. The van der Waals surface area contributed by atoms with Crippen LogP contribution in [0.2, 0.25) is 0 Å². The quantitative estimate of drug-likeness (QED) is 0.792. The predicted octanol–water partition coefficient (Wildman–Crippen LogP) is 3.37. The fraction of sp³-hybridized carbons (Fsp3) is 0.0714. The Bertz CT molecular complexity index is 578. The highest BCUT2D eigenvalue weighted by Gasteiger charge is 2.21. The average molecular weight is 226 g/mol. The first-order chi connectivity index (χ1) is 8.36. The highest BCUT2D eigenvalue weighted by Crippen LogP contribution is 2.34. The van der Waals surface area contributed by atoms with Crippen molar-refractivity contribution in [3.8, 4) is 0 Å². The summed E-state index contributed by atoms with van der Waals surface area (Å²) >= 11 is 0. The maximum atomic E-state index is 13.8. The Morgan fingerprint density at radius 2 is 1.65 bits per heavy atom. The van der Waals surface area contributed by atoms with Gasteiger partial charge in [0.1, 0.15) is 11.9 Å². The molecule has 2 aromatic rings. The second-order valence-corrected chi connectivity index (χ2v) is 3.93. The standard InChI is InChI=1S/C14H11FN2/c15-12-7-3-1-5-10(12)14-11-6-2-4-8-13(11)16-9-17-14/h1-9,14H,(H,16,17). The molecule has 0 aliphatic carbocycles. The van der Waals surface area contributed by atoms with E-state index in [1.807, 2.05) is 30.3 Å². The molecule has 0 amide bonds. The van der Waals surface area contributed by atoms with Gasteiger partial charge in [0.05, 0.1) is 6.34 Å². The van der Waals surface area contributed by atoms with Gasteiger partial charge in [0.2, 0.25) is 0 Å². The van der Waals surface area contributed by atoms with Crippen LogP contribution < -0.4 is 5.32 Å². The Hall–Kier alpha value is -2.16. The lowest BCUT2D eigenvalue weighted by Gasteiger charge is -2.21. The fourth-order valence-electron chi connectivity index (χ4n) is 2.07. The molecule has 0 bridgehead atoms. The van der Waals surface area contributed by atoms with Crippen LogP contribution in [0.4, 0.5) is 10.1 Å². The molecule has 0 saturated heterocycles. The molecular weight excluding hydrogens is 215 g/mol. The van der Waals surface area contributed by atoms with Gasteiger partial charge in [0.25, 0.3) is 0 Å². The van der Waals surface area contributed by atoms with Gasteiger partial charge >= 0.3 is 0 Å². The van der Waals surface area contributed by atoms with Crippen LogP contribution in [-0.4, -0.2) is 6.34 Å². The number of nitrogens with one attached hydrogen (secondary N) is 1.